The fourth-order valence-corrected chi connectivity index (χ4v) is 2.56. The third-order valence-corrected chi connectivity index (χ3v) is 4.12. The van der Waals surface area contributed by atoms with Gasteiger partial charge in [-0.25, -0.2) is 0 Å². The van der Waals surface area contributed by atoms with Gasteiger partial charge < -0.3 is 0 Å². The van der Waals surface area contributed by atoms with Crippen molar-refractivity contribution in [1.82, 2.24) is 0 Å². The lowest BCUT2D eigenvalue weighted by molar-refractivity contribution is 0.130. The predicted molar refractivity (Wildman–Crippen MR) is 76.2 cm³/mol. The molecule has 0 bridgehead atoms. The van der Waals surface area contributed by atoms with Crippen molar-refractivity contribution < 1.29 is 0 Å². The van der Waals surface area contributed by atoms with Crippen molar-refractivity contribution >= 4 is 15.7 Å². The molecule has 0 nitrogen and oxygen atoms in total. The number of rotatable bonds is 6. The van der Waals surface area contributed by atoms with Gasteiger partial charge in [-0.1, -0.05) is 66.0 Å². The van der Waals surface area contributed by atoms with Crippen LogP contribution in [0.3, 0.4) is 0 Å². The van der Waals surface area contributed by atoms with Crippen LogP contribution in [0.15, 0.2) is 0 Å². The SMILES string of the molecule is [B]C([B])(C(C)(C)C)C(C)(CCC)CCCC. The molecule has 90 valence electrons. The molecule has 0 heterocycles. The fraction of sp³-hybridized carbons (Fsp3) is 1.00. The highest BCUT2D eigenvalue weighted by Gasteiger charge is 2.45. The number of unbranched alkanes of at least 4 members (excludes halogenated alkanes) is 1. The second-order valence-corrected chi connectivity index (χ2v) is 6.53. The van der Waals surface area contributed by atoms with Crippen molar-refractivity contribution in [3.63, 3.8) is 0 Å². The van der Waals surface area contributed by atoms with E-state index >= 15 is 0 Å². The second kappa shape index (κ2) is 5.65. The van der Waals surface area contributed by atoms with Crippen LogP contribution in [-0.4, -0.2) is 15.7 Å². The summed E-state index contributed by atoms with van der Waals surface area (Å²) in [5.74, 6) is 0. The van der Waals surface area contributed by atoms with Crippen LogP contribution in [0.5, 0.6) is 0 Å². The first kappa shape index (κ1) is 16.1. The standard InChI is InChI=1S/C14H28B2/c1-7-9-11-13(6,10-8-2)14(15,16)12(3,4)5/h7-11H2,1-6H3. The summed E-state index contributed by atoms with van der Waals surface area (Å²) >= 11 is 0. The van der Waals surface area contributed by atoms with Gasteiger partial charge in [0.1, 0.15) is 0 Å². The van der Waals surface area contributed by atoms with Gasteiger partial charge in [0.25, 0.3) is 0 Å². The van der Waals surface area contributed by atoms with Crippen LogP contribution in [0.1, 0.15) is 73.6 Å². The topological polar surface area (TPSA) is 0 Å². The first-order chi connectivity index (χ1) is 7.12. The molecule has 0 fully saturated rings. The van der Waals surface area contributed by atoms with Crippen molar-refractivity contribution in [3.8, 4) is 0 Å². The average Bonchev–Trinajstić information content (AvgIpc) is 2.13. The van der Waals surface area contributed by atoms with E-state index in [0.29, 0.717) is 0 Å². The Labute approximate surface area is 106 Å². The molecule has 0 aromatic heterocycles. The van der Waals surface area contributed by atoms with E-state index in [2.05, 4.69) is 41.5 Å². The summed E-state index contributed by atoms with van der Waals surface area (Å²) in [5.41, 5.74) is -0.0271. The zero-order valence-electron chi connectivity index (χ0n) is 12.2. The molecule has 0 aromatic carbocycles. The second-order valence-electron chi connectivity index (χ2n) is 6.53. The molecular formula is C14H28B2. The van der Waals surface area contributed by atoms with Gasteiger partial charge in [0.05, 0.1) is 15.7 Å². The van der Waals surface area contributed by atoms with Crippen molar-refractivity contribution in [2.45, 2.75) is 78.9 Å². The van der Waals surface area contributed by atoms with Crippen LogP contribution in [0.25, 0.3) is 0 Å². The van der Waals surface area contributed by atoms with Gasteiger partial charge >= 0.3 is 0 Å². The fourth-order valence-electron chi connectivity index (χ4n) is 2.56. The van der Waals surface area contributed by atoms with Crippen molar-refractivity contribution in [2.24, 2.45) is 10.8 Å². The monoisotopic (exact) mass is 218 g/mol. The molecule has 4 radical (unpaired) electrons. The first-order valence-electron chi connectivity index (χ1n) is 6.70. The van der Waals surface area contributed by atoms with E-state index in [4.69, 9.17) is 15.7 Å². The van der Waals surface area contributed by atoms with E-state index in [9.17, 15) is 0 Å². The molecule has 0 aliphatic heterocycles. The zero-order chi connectivity index (χ0) is 13.0. The highest BCUT2D eigenvalue weighted by atomic mass is 14.4. The maximum Gasteiger partial charge on any atom is 0.0634 e. The van der Waals surface area contributed by atoms with E-state index in [1.807, 2.05) is 0 Å². The van der Waals surface area contributed by atoms with Crippen molar-refractivity contribution in [3.05, 3.63) is 0 Å². The Bertz CT molecular complexity index is 203. The Morgan fingerprint density at radius 1 is 0.812 bits per heavy atom. The minimum Gasteiger partial charge on any atom is -0.0892 e. The summed E-state index contributed by atoms with van der Waals surface area (Å²) in [6, 6.07) is 0. The zero-order valence-corrected chi connectivity index (χ0v) is 12.2. The van der Waals surface area contributed by atoms with Crippen LogP contribution in [0.2, 0.25) is 5.21 Å². The van der Waals surface area contributed by atoms with Gasteiger partial charge in [-0.2, -0.15) is 0 Å². The molecule has 0 rings (SSSR count). The van der Waals surface area contributed by atoms with E-state index < -0.39 is 5.21 Å². The lowest BCUT2D eigenvalue weighted by Gasteiger charge is -2.54. The molecule has 0 aromatic rings. The molecule has 0 saturated heterocycles. The van der Waals surface area contributed by atoms with Gasteiger partial charge in [-0.15, -0.1) is 0 Å². The Morgan fingerprint density at radius 3 is 1.62 bits per heavy atom. The minimum atomic E-state index is -0.606. The molecule has 0 spiro atoms. The Kier molecular flexibility index (Phi) is 5.69. The van der Waals surface area contributed by atoms with Gasteiger partial charge in [0, 0.05) is 0 Å². The predicted octanol–water partition coefficient (Wildman–Crippen LogP) is 4.48. The Balaban J connectivity index is 5.01. The molecule has 0 saturated carbocycles. The van der Waals surface area contributed by atoms with Crippen molar-refractivity contribution in [2.75, 3.05) is 0 Å². The number of hydrogen-bond donors (Lipinski definition) is 0. The highest BCUT2D eigenvalue weighted by molar-refractivity contribution is 6.41. The van der Waals surface area contributed by atoms with Crippen LogP contribution in [0, 0.1) is 10.8 Å². The van der Waals surface area contributed by atoms with Crippen LogP contribution >= 0.6 is 0 Å². The summed E-state index contributed by atoms with van der Waals surface area (Å²) in [7, 11) is 13.0. The summed E-state index contributed by atoms with van der Waals surface area (Å²) in [5, 5.41) is -0.606. The molecule has 0 N–H and O–H groups in total. The van der Waals surface area contributed by atoms with E-state index in [-0.39, 0.29) is 10.8 Å². The summed E-state index contributed by atoms with van der Waals surface area (Å²) in [4.78, 5) is 0. The average molecular weight is 218 g/mol. The Morgan fingerprint density at radius 2 is 1.31 bits per heavy atom. The molecule has 2 heteroatoms. The van der Waals surface area contributed by atoms with Gasteiger partial charge in [0.2, 0.25) is 0 Å². The number of hydrogen-bond acceptors (Lipinski definition) is 0. The van der Waals surface area contributed by atoms with Crippen LogP contribution < -0.4 is 0 Å². The van der Waals surface area contributed by atoms with Gasteiger partial charge in [0.15, 0.2) is 0 Å². The molecule has 1 unspecified atom stereocenters. The normalized spacial score (nSPS) is 17.1. The Hall–Kier alpha value is 0.130. The van der Waals surface area contributed by atoms with Crippen LogP contribution in [0.4, 0.5) is 0 Å². The lowest BCUT2D eigenvalue weighted by Crippen LogP contribution is -2.44. The molecule has 0 aliphatic carbocycles. The summed E-state index contributed by atoms with van der Waals surface area (Å²) in [6.07, 6.45) is 5.80. The first-order valence-corrected chi connectivity index (χ1v) is 6.70. The third-order valence-electron chi connectivity index (χ3n) is 4.12. The summed E-state index contributed by atoms with van der Waals surface area (Å²) < 4.78 is 0. The summed E-state index contributed by atoms with van der Waals surface area (Å²) in [6.45, 7) is 13.1. The third kappa shape index (κ3) is 3.31. The molecule has 1 atom stereocenters. The van der Waals surface area contributed by atoms with Crippen LogP contribution in [-0.2, 0) is 0 Å². The van der Waals surface area contributed by atoms with E-state index in [1.54, 1.807) is 0 Å². The minimum absolute atomic E-state index is 0.0377. The van der Waals surface area contributed by atoms with Gasteiger partial charge in [-0.05, 0) is 23.7 Å². The maximum atomic E-state index is 6.48. The quantitative estimate of drug-likeness (QED) is 0.576. The molecule has 0 aliphatic rings. The van der Waals surface area contributed by atoms with Crippen molar-refractivity contribution in [1.29, 1.82) is 0 Å². The largest absolute Gasteiger partial charge is 0.0892 e. The maximum absolute atomic E-state index is 6.48. The van der Waals surface area contributed by atoms with E-state index in [0.717, 1.165) is 19.3 Å². The lowest BCUT2D eigenvalue weighted by atomic mass is 9.33. The smallest absolute Gasteiger partial charge is 0.0634 e. The van der Waals surface area contributed by atoms with E-state index in [1.165, 1.54) is 12.8 Å². The van der Waals surface area contributed by atoms with Gasteiger partial charge in [-0.3, -0.25) is 0 Å². The highest BCUT2D eigenvalue weighted by Crippen LogP contribution is 2.57. The molecule has 16 heavy (non-hydrogen) atoms. The molecule has 0 amide bonds. The molecular weight excluding hydrogens is 190 g/mol.